The average Bonchev–Trinajstić information content (AvgIpc) is 3.01. The lowest BCUT2D eigenvalue weighted by Crippen LogP contribution is -2.43. The largest absolute Gasteiger partial charge is 0.306 e. The summed E-state index contributed by atoms with van der Waals surface area (Å²) in [6, 6.07) is 13.6. The van der Waals surface area contributed by atoms with Crippen LogP contribution in [0.3, 0.4) is 0 Å². The van der Waals surface area contributed by atoms with Gasteiger partial charge in [-0.3, -0.25) is 4.90 Å². The Hall–Kier alpha value is -1.78. The molecule has 0 amide bonds. The number of nitrogens with zero attached hydrogens (tertiary/aromatic N) is 2. The van der Waals surface area contributed by atoms with E-state index in [0.29, 0.717) is 5.41 Å². The predicted octanol–water partition coefficient (Wildman–Crippen LogP) is 4.47. The van der Waals surface area contributed by atoms with Crippen LogP contribution in [0.2, 0.25) is 0 Å². The molecule has 0 saturated carbocycles. The summed E-state index contributed by atoms with van der Waals surface area (Å²) in [6.07, 6.45) is 3.71. The highest BCUT2D eigenvalue weighted by molar-refractivity contribution is 5.33. The van der Waals surface area contributed by atoms with Crippen LogP contribution >= 0.6 is 0 Å². The number of piperidine rings is 1. The maximum Gasteiger partial charge on any atom is 0.123 e. The van der Waals surface area contributed by atoms with Crippen molar-refractivity contribution < 1.29 is 8.78 Å². The first-order valence-electron chi connectivity index (χ1n) is 9.48. The van der Waals surface area contributed by atoms with E-state index in [4.69, 9.17) is 0 Å². The Labute approximate surface area is 154 Å². The molecule has 0 bridgehead atoms. The molecule has 4 heteroatoms. The zero-order chi connectivity index (χ0) is 18.1. The molecular formula is C22H26F2N2. The smallest absolute Gasteiger partial charge is 0.123 e. The molecule has 2 nitrogen and oxygen atoms in total. The molecule has 2 saturated heterocycles. The van der Waals surface area contributed by atoms with E-state index < -0.39 is 0 Å². The van der Waals surface area contributed by atoms with Crippen molar-refractivity contribution >= 4 is 0 Å². The molecule has 26 heavy (non-hydrogen) atoms. The fourth-order valence-electron chi connectivity index (χ4n) is 4.88. The monoisotopic (exact) mass is 356 g/mol. The van der Waals surface area contributed by atoms with Crippen LogP contribution < -0.4 is 0 Å². The minimum Gasteiger partial charge on any atom is -0.306 e. The van der Waals surface area contributed by atoms with Gasteiger partial charge in [-0.05, 0) is 80.2 Å². The molecule has 0 aromatic heterocycles. The van der Waals surface area contributed by atoms with Gasteiger partial charge in [-0.2, -0.15) is 0 Å². The van der Waals surface area contributed by atoms with Crippen LogP contribution in [0.25, 0.3) is 0 Å². The van der Waals surface area contributed by atoms with Crippen LogP contribution in [0.15, 0.2) is 48.5 Å². The van der Waals surface area contributed by atoms with Gasteiger partial charge in [-0.25, -0.2) is 8.78 Å². The van der Waals surface area contributed by atoms with Gasteiger partial charge >= 0.3 is 0 Å². The Morgan fingerprint density at radius 1 is 0.808 bits per heavy atom. The third kappa shape index (κ3) is 3.53. The molecule has 1 unspecified atom stereocenters. The number of hydrogen-bond acceptors (Lipinski definition) is 2. The van der Waals surface area contributed by atoms with Gasteiger partial charge in [0.25, 0.3) is 0 Å². The van der Waals surface area contributed by atoms with Crippen molar-refractivity contribution in [3.63, 3.8) is 0 Å². The molecular weight excluding hydrogens is 330 g/mol. The van der Waals surface area contributed by atoms with E-state index in [2.05, 4.69) is 16.8 Å². The van der Waals surface area contributed by atoms with Crippen molar-refractivity contribution in [1.29, 1.82) is 0 Å². The predicted molar refractivity (Wildman–Crippen MR) is 100.0 cm³/mol. The number of rotatable bonds is 3. The summed E-state index contributed by atoms with van der Waals surface area (Å²) < 4.78 is 26.9. The van der Waals surface area contributed by atoms with Gasteiger partial charge in [0.2, 0.25) is 0 Å². The van der Waals surface area contributed by atoms with Crippen LogP contribution in [0.1, 0.15) is 36.4 Å². The Morgan fingerprint density at radius 2 is 1.38 bits per heavy atom. The summed E-state index contributed by atoms with van der Waals surface area (Å²) in [4.78, 5) is 4.94. The normalized spacial score (nSPS) is 24.6. The van der Waals surface area contributed by atoms with Crippen LogP contribution in [0.4, 0.5) is 8.78 Å². The minimum absolute atomic E-state index is 0.0443. The standard InChI is InChI=1S/C22H26F2N2/c1-25-13-2-11-22(15-25)12-14-26(16-22)21(17-3-7-19(23)8-4-17)18-5-9-20(24)10-6-18/h3-10,21H,2,11-16H2,1H3. The van der Waals surface area contributed by atoms with Gasteiger partial charge in [-0.1, -0.05) is 24.3 Å². The lowest BCUT2D eigenvalue weighted by molar-refractivity contribution is 0.108. The summed E-state index contributed by atoms with van der Waals surface area (Å²) in [7, 11) is 2.21. The zero-order valence-electron chi connectivity index (χ0n) is 15.3. The molecule has 2 aromatic carbocycles. The molecule has 2 aliphatic heterocycles. The van der Waals surface area contributed by atoms with Crippen LogP contribution in [-0.2, 0) is 0 Å². The number of likely N-dealkylation sites (tertiary alicyclic amines) is 2. The van der Waals surface area contributed by atoms with Crippen LogP contribution in [0, 0.1) is 17.0 Å². The molecule has 2 heterocycles. The highest BCUT2D eigenvalue weighted by Crippen LogP contribution is 2.43. The van der Waals surface area contributed by atoms with Gasteiger partial charge in [-0.15, -0.1) is 0 Å². The van der Waals surface area contributed by atoms with Gasteiger partial charge in [0.15, 0.2) is 0 Å². The Kier molecular flexibility index (Phi) is 4.80. The molecule has 138 valence electrons. The van der Waals surface area contributed by atoms with E-state index in [0.717, 1.165) is 30.8 Å². The van der Waals surface area contributed by atoms with Gasteiger partial charge in [0.05, 0.1) is 6.04 Å². The molecule has 2 fully saturated rings. The zero-order valence-corrected chi connectivity index (χ0v) is 15.3. The van der Waals surface area contributed by atoms with E-state index >= 15 is 0 Å². The summed E-state index contributed by atoms with van der Waals surface area (Å²) in [6.45, 7) is 4.38. The van der Waals surface area contributed by atoms with E-state index in [1.807, 2.05) is 24.3 Å². The maximum absolute atomic E-state index is 13.4. The highest BCUT2D eigenvalue weighted by atomic mass is 19.1. The fraction of sp³-hybridized carbons (Fsp3) is 0.455. The molecule has 2 aromatic rings. The topological polar surface area (TPSA) is 6.48 Å². The summed E-state index contributed by atoms with van der Waals surface area (Å²) >= 11 is 0. The Bertz CT molecular complexity index is 698. The van der Waals surface area contributed by atoms with E-state index in [9.17, 15) is 8.78 Å². The SMILES string of the molecule is CN1CCCC2(CCN(C(c3ccc(F)cc3)c3ccc(F)cc3)C2)C1. The summed E-state index contributed by atoms with van der Waals surface area (Å²) in [5.41, 5.74) is 2.49. The first-order chi connectivity index (χ1) is 12.5. The van der Waals surface area contributed by atoms with Crippen molar-refractivity contribution in [1.82, 2.24) is 9.80 Å². The number of hydrogen-bond donors (Lipinski definition) is 0. The fourth-order valence-corrected chi connectivity index (χ4v) is 4.88. The first kappa shape index (κ1) is 17.6. The highest BCUT2D eigenvalue weighted by Gasteiger charge is 2.42. The lowest BCUT2D eigenvalue weighted by atomic mass is 9.79. The third-order valence-electron chi connectivity index (χ3n) is 6.06. The summed E-state index contributed by atoms with van der Waals surface area (Å²) in [5.74, 6) is -0.447. The van der Waals surface area contributed by atoms with Crippen molar-refractivity contribution in [2.75, 3.05) is 33.2 Å². The molecule has 0 N–H and O–H groups in total. The quantitative estimate of drug-likeness (QED) is 0.800. The van der Waals surface area contributed by atoms with E-state index in [-0.39, 0.29) is 17.7 Å². The van der Waals surface area contributed by atoms with Crippen LogP contribution in [0.5, 0.6) is 0 Å². The Balaban J connectivity index is 1.65. The number of halogens is 2. The molecule has 1 atom stereocenters. The second-order valence-corrected chi connectivity index (χ2v) is 8.07. The van der Waals surface area contributed by atoms with Gasteiger partial charge < -0.3 is 4.90 Å². The van der Waals surface area contributed by atoms with Crippen LogP contribution in [-0.4, -0.2) is 43.0 Å². The molecule has 0 aliphatic carbocycles. The van der Waals surface area contributed by atoms with E-state index in [1.165, 1.54) is 50.1 Å². The third-order valence-corrected chi connectivity index (χ3v) is 6.06. The lowest BCUT2D eigenvalue weighted by Gasteiger charge is -2.39. The minimum atomic E-state index is -0.224. The van der Waals surface area contributed by atoms with Crippen molar-refractivity contribution in [3.05, 3.63) is 71.3 Å². The van der Waals surface area contributed by atoms with Gasteiger partial charge in [0, 0.05) is 13.1 Å². The Morgan fingerprint density at radius 3 is 1.92 bits per heavy atom. The molecule has 0 radical (unpaired) electrons. The van der Waals surface area contributed by atoms with E-state index in [1.54, 1.807) is 0 Å². The molecule has 2 aliphatic rings. The number of benzene rings is 2. The molecule has 1 spiro atoms. The maximum atomic E-state index is 13.4. The van der Waals surface area contributed by atoms with Crippen molar-refractivity contribution in [3.8, 4) is 0 Å². The second kappa shape index (κ2) is 7.09. The van der Waals surface area contributed by atoms with Crippen molar-refractivity contribution in [2.24, 2.45) is 5.41 Å². The molecule has 4 rings (SSSR count). The average molecular weight is 356 g/mol. The van der Waals surface area contributed by atoms with Crippen molar-refractivity contribution in [2.45, 2.75) is 25.3 Å². The second-order valence-electron chi connectivity index (χ2n) is 8.07. The first-order valence-corrected chi connectivity index (χ1v) is 9.48. The summed E-state index contributed by atoms with van der Waals surface area (Å²) in [5, 5.41) is 0. The van der Waals surface area contributed by atoms with Gasteiger partial charge in [0.1, 0.15) is 11.6 Å².